The molecule has 8 nitrogen and oxygen atoms in total. The van der Waals surface area contributed by atoms with Gasteiger partial charge in [0.05, 0.1) is 29.3 Å². The molecule has 2 aromatic rings. The van der Waals surface area contributed by atoms with Gasteiger partial charge >= 0.3 is 5.97 Å². The highest BCUT2D eigenvalue weighted by Crippen LogP contribution is 2.71. The molecule has 6 saturated carbocycles. The summed E-state index contributed by atoms with van der Waals surface area (Å²) in [4.78, 5) is 47.3. The van der Waals surface area contributed by atoms with Crippen LogP contribution in [0.3, 0.4) is 0 Å². The van der Waals surface area contributed by atoms with Gasteiger partial charge in [-0.25, -0.2) is 9.37 Å². The standard InChI is InChI=1S/C43H59FN4O4/c1-39(2,25-49)23-35(50)52-33-16-21-41(4)31(36(33)45)14-20-40(3)29-15-22-42(17-5-7-30(42)28(29)12-13-34(40)41)38(51)48-43(18-6-19-43)37-46-24-32(47-37)26-8-10-27(44)11-9-26/h8-11,24-25,28-31,33-34,36H,5-7,12-23,45H2,1-4H3,(H,46,47)(H,48,51). The summed E-state index contributed by atoms with van der Waals surface area (Å²) >= 11 is 0. The number of esters is 1. The smallest absolute Gasteiger partial charge is 0.307 e. The topological polar surface area (TPSA) is 127 Å². The maximum absolute atomic E-state index is 14.7. The number of halogens is 1. The van der Waals surface area contributed by atoms with Crippen LogP contribution in [0.1, 0.15) is 130 Å². The number of imidazole rings is 1. The number of ether oxygens (including phenoxy) is 1. The number of benzene rings is 1. The van der Waals surface area contributed by atoms with Gasteiger partial charge in [0, 0.05) is 11.5 Å². The fourth-order valence-electron chi connectivity index (χ4n) is 13.3. The highest BCUT2D eigenvalue weighted by Gasteiger charge is 2.66. The van der Waals surface area contributed by atoms with Crippen LogP contribution in [0.5, 0.6) is 0 Å². The highest BCUT2D eigenvalue weighted by atomic mass is 19.1. The van der Waals surface area contributed by atoms with Crippen molar-refractivity contribution in [3.8, 4) is 11.3 Å². The Morgan fingerprint density at radius 1 is 0.942 bits per heavy atom. The largest absolute Gasteiger partial charge is 0.461 e. The second-order valence-corrected chi connectivity index (χ2v) is 19.2. The molecule has 10 atom stereocenters. The average molecular weight is 715 g/mol. The number of rotatable bonds is 8. The van der Waals surface area contributed by atoms with Gasteiger partial charge in [0.1, 0.15) is 24.0 Å². The molecule has 0 aliphatic heterocycles. The summed E-state index contributed by atoms with van der Waals surface area (Å²) in [5, 5.41) is 3.63. The van der Waals surface area contributed by atoms with Crippen LogP contribution in [0.2, 0.25) is 0 Å². The van der Waals surface area contributed by atoms with Gasteiger partial charge in [0.15, 0.2) is 0 Å². The number of amides is 1. The van der Waals surface area contributed by atoms with Gasteiger partial charge in [-0.05, 0) is 154 Å². The van der Waals surface area contributed by atoms with E-state index in [9.17, 15) is 18.8 Å². The number of aldehydes is 1. The SMILES string of the molecule is CC(C)(C=O)CC(=O)OC1CCC2(C)C(CCC3(C)C4CCC5(C(=O)NC6(c7ncc(-c8ccc(F)cc8)[nH]7)CCC6)CCCC5C4CCC23)C1N. The minimum atomic E-state index is -0.735. The predicted molar refractivity (Wildman–Crippen MR) is 197 cm³/mol. The number of hydrogen-bond acceptors (Lipinski definition) is 6. The summed E-state index contributed by atoms with van der Waals surface area (Å²) < 4.78 is 19.6. The first-order valence-electron chi connectivity index (χ1n) is 20.3. The fourth-order valence-corrected chi connectivity index (χ4v) is 13.3. The monoisotopic (exact) mass is 714 g/mol. The van der Waals surface area contributed by atoms with E-state index in [1.807, 2.05) is 6.20 Å². The van der Waals surface area contributed by atoms with Crippen molar-refractivity contribution in [2.24, 2.45) is 57.0 Å². The van der Waals surface area contributed by atoms with Crippen molar-refractivity contribution in [3.05, 3.63) is 42.1 Å². The number of carbonyl (C=O) groups excluding carboxylic acids is 3. The van der Waals surface area contributed by atoms with Gasteiger partial charge in [-0.2, -0.15) is 0 Å². The Balaban J connectivity index is 0.973. The van der Waals surface area contributed by atoms with Crippen LogP contribution < -0.4 is 11.1 Å². The third-order valence-electron chi connectivity index (χ3n) is 16.1. The summed E-state index contributed by atoms with van der Waals surface area (Å²) in [6.07, 6.45) is 16.8. The molecule has 1 heterocycles. The Bertz CT molecular complexity index is 1700. The number of nitrogens with zero attached hydrogens (tertiary/aromatic N) is 1. The second kappa shape index (κ2) is 12.8. The molecule has 0 bridgehead atoms. The Labute approximate surface area is 308 Å². The maximum atomic E-state index is 14.7. The van der Waals surface area contributed by atoms with E-state index in [0.717, 1.165) is 100 Å². The van der Waals surface area contributed by atoms with Gasteiger partial charge in [-0.3, -0.25) is 9.59 Å². The Morgan fingerprint density at radius 3 is 2.37 bits per heavy atom. The van der Waals surface area contributed by atoms with Gasteiger partial charge < -0.3 is 25.6 Å². The third kappa shape index (κ3) is 5.60. The van der Waals surface area contributed by atoms with E-state index < -0.39 is 11.0 Å². The molecule has 1 aromatic carbocycles. The lowest BCUT2D eigenvalue weighted by molar-refractivity contribution is -0.195. The first-order valence-corrected chi connectivity index (χ1v) is 20.3. The van der Waals surface area contributed by atoms with E-state index >= 15 is 0 Å². The molecule has 1 amide bonds. The number of aromatic amines is 1. The molecule has 1 aromatic heterocycles. The van der Waals surface area contributed by atoms with Crippen molar-refractivity contribution in [2.75, 3.05) is 0 Å². The quantitative estimate of drug-likeness (QED) is 0.188. The lowest BCUT2D eigenvalue weighted by Gasteiger charge is -2.67. The molecule has 9 heteroatoms. The van der Waals surface area contributed by atoms with Gasteiger partial charge in [-0.15, -0.1) is 0 Å². The molecule has 4 N–H and O–H groups in total. The van der Waals surface area contributed by atoms with E-state index in [1.54, 1.807) is 26.0 Å². The van der Waals surface area contributed by atoms with Crippen molar-refractivity contribution in [1.29, 1.82) is 0 Å². The molecule has 8 rings (SSSR count). The van der Waals surface area contributed by atoms with Crippen LogP contribution >= 0.6 is 0 Å². The lowest BCUT2D eigenvalue weighted by Crippen LogP contribution is -2.65. The number of H-pyrrole nitrogens is 1. The fraction of sp³-hybridized carbons (Fsp3) is 0.721. The maximum Gasteiger partial charge on any atom is 0.307 e. The van der Waals surface area contributed by atoms with Crippen LogP contribution in [-0.2, 0) is 24.7 Å². The summed E-state index contributed by atoms with van der Waals surface area (Å²) in [5.41, 5.74) is 7.52. The average Bonchev–Trinajstić information content (AvgIpc) is 3.77. The number of nitrogens with two attached hydrogens (primary N) is 1. The van der Waals surface area contributed by atoms with E-state index in [-0.39, 0.29) is 52.5 Å². The first kappa shape index (κ1) is 35.9. The Morgan fingerprint density at radius 2 is 1.65 bits per heavy atom. The minimum Gasteiger partial charge on any atom is -0.461 e. The van der Waals surface area contributed by atoms with Crippen LogP contribution in [0.15, 0.2) is 30.5 Å². The van der Waals surface area contributed by atoms with Crippen LogP contribution in [0, 0.1) is 57.1 Å². The van der Waals surface area contributed by atoms with Crippen molar-refractivity contribution >= 4 is 18.2 Å². The zero-order chi connectivity index (χ0) is 36.7. The van der Waals surface area contributed by atoms with Crippen LogP contribution in [0.4, 0.5) is 4.39 Å². The van der Waals surface area contributed by atoms with E-state index in [4.69, 9.17) is 15.5 Å². The molecular formula is C43H59FN4O4. The van der Waals surface area contributed by atoms with E-state index in [0.29, 0.717) is 29.6 Å². The summed E-state index contributed by atoms with van der Waals surface area (Å²) in [5.74, 6) is 2.90. The summed E-state index contributed by atoms with van der Waals surface area (Å²) in [7, 11) is 0. The highest BCUT2D eigenvalue weighted by molar-refractivity contribution is 5.84. The third-order valence-corrected chi connectivity index (χ3v) is 16.1. The Hall–Kier alpha value is -3.07. The zero-order valence-electron chi connectivity index (χ0n) is 31.6. The molecule has 10 unspecified atom stereocenters. The molecule has 0 spiro atoms. The number of hydrogen-bond donors (Lipinski definition) is 3. The molecule has 6 aliphatic carbocycles. The van der Waals surface area contributed by atoms with Crippen LogP contribution in [-0.4, -0.2) is 40.3 Å². The first-order chi connectivity index (χ1) is 24.7. The molecular weight excluding hydrogens is 655 g/mol. The van der Waals surface area contributed by atoms with Crippen molar-refractivity contribution < 1.29 is 23.5 Å². The van der Waals surface area contributed by atoms with E-state index in [1.165, 1.54) is 25.0 Å². The second-order valence-electron chi connectivity index (χ2n) is 19.2. The van der Waals surface area contributed by atoms with Crippen molar-refractivity contribution in [1.82, 2.24) is 15.3 Å². The van der Waals surface area contributed by atoms with Crippen molar-refractivity contribution in [2.45, 2.75) is 142 Å². The van der Waals surface area contributed by atoms with Crippen molar-refractivity contribution in [3.63, 3.8) is 0 Å². The predicted octanol–water partition coefficient (Wildman–Crippen LogP) is 8.00. The number of nitrogens with one attached hydrogen (secondary N) is 2. The Kier molecular flexibility index (Phi) is 8.82. The minimum absolute atomic E-state index is 0.0778. The van der Waals surface area contributed by atoms with Gasteiger partial charge in [0.2, 0.25) is 5.91 Å². The van der Waals surface area contributed by atoms with Gasteiger partial charge in [0.25, 0.3) is 0 Å². The lowest BCUT2D eigenvalue weighted by atomic mass is 9.38. The van der Waals surface area contributed by atoms with Crippen LogP contribution in [0.25, 0.3) is 11.3 Å². The van der Waals surface area contributed by atoms with Gasteiger partial charge in [-0.1, -0.05) is 34.1 Å². The molecule has 6 fully saturated rings. The molecule has 52 heavy (non-hydrogen) atoms. The number of carbonyl (C=O) groups is 3. The molecule has 0 saturated heterocycles. The molecule has 0 radical (unpaired) electrons. The summed E-state index contributed by atoms with van der Waals surface area (Å²) in [6.45, 7) is 8.60. The normalized spacial score (nSPS) is 39.2. The molecule has 282 valence electrons. The number of aromatic nitrogens is 2. The molecule has 6 aliphatic rings. The van der Waals surface area contributed by atoms with E-state index in [2.05, 4.69) is 24.1 Å². The number of fused-ring (bicyclic) bond motifs is 7. The summed E-state index contributed by atoms with van der Waals surface area (Å²) in [6, 6.07) is 6.26. The zero-order valence-corrected chi connectivity index (χ0v) is 31.6.